The zero-order chi connectivity index (χ0) is 19.1. The molecular weight excluding hydrogens is 349 g/mol. The summed E-state index contributed by atoms with van der Waals surface area (Å²) in [5.41, 5.74) is 0.682. The Balaban J connectivity index is 1.59. The van der Waals surface area contributed by atoms with Crippen LogP contribution in [0.1, 0.15) is 5.76 Å². The highest BCUT2D eigenvalue weighted by Gasteiger charge is 2.13. The molecule has 7 heteroatoms. The highest BCUT2D eigenvalue weighted by Crippen LogP contribution is 2.23. The molecule has 0 bridgehead atoms. The lowest BCUT2D eigenvalue weighted by molar-refractivity contribution is -0.117. The predicted octanol–water partition coefficient (Wildman–Crippen LogP) is 2.44. The number of carbonyl (C=O) groups is 1. The molecule has 1 aromatic carbocycles. The summed E-state index contributed by atoms with van der Waals surface area (Å²) in [6.45, 7) is 4.25. The topological polar surface area (TPSA) is 78.5 Å². The molecule has 0 saturated carbocycles. The molecule has 1 saturated heterocycles. The second-order valence-electron chi connectivity index (χ2n) is 6.09. The maximum Gasteiger partial charge on any atom is 0.262 e. The summed E-state index contributed by atoms with van der Waals surface area (Å²) >= 11 is 0. The van der Waals surface area contributed by atoms with Crippen molar-refractivity contribution in [3.63, 3.8) is 0 Å². The van der Waals surface area contributed by atoms with E-state index in [1.54, 1.807) is 24.3 Å². The first-order chi connectivity index (χ1) is 13.2. The van der Waals surface area contributed by atoms with E-state index in [1.807, 2.05) is 6.07 Å². The van der Waals surface area contributed by atoms with Gasteiger partial charge in [-0.1, -0.05) is 0 Å². The third-order valence-electron chi connectivity index (χ3n) is 4.22. The first kappa shape index (κ1) is 18.8. The normalized spacial score (nSPS) is 15.3. The van der Waals surface area contributed by atoms with Gasteiger partial charge in [0.05, 0.1) is 13.2 Å². The lowest BCUT2D eigenvalue weighted by atomic mass is 10.2. The molecule has 1 aromatic heterocycles. The zero-order valence-electron chi connectivity index (χ0n) is 14.8. The van der Waals surface area contributed by atoms with Crippen LogP contribution in [0.2, 0.25) is 0 Å². The van der Waals surface area contributed by atoms with Gasteiger partial charge in [0.15, 0.2) is 0 Å². The summed E-state index contributed by atoms with van der Waals surface area (Å²) in [5.74, 6) is 0.150. The number of benzene rings is 1. The highest BCUT2D eigenvalue weighted by atomic mass is 19.1. The van der Waals surface area contributed by atoms with Gasteiger partial charge in [0, 0.05) is 37.8 Å². The number of amides is 1. The number of nitrogens with one attached hydrogen (secondary N) is 1. The molecule has 1 N–H and O–H groups in total. The minimum atomic E-state index is -0.439. The SMILES string of the molecule is N#CC(=Cc1ccc(-c2ccc(F)cc2)o1)C(=O)NCCN1CCOCC1. The van der Waals surface area contributed by atoms with Crippen molar-refractivity contribution in [2.24, 2.45) is 0 Å². The predicted molar refractivity (Wildman–Crippen MR) is 98.0 cm³/mol. The Labute approximate surface area is 156 Å². The Hall–Kier alpha value is -2.95. The van der Waals surface area contributed by atoms with Gasteiger partial charge in [0.2, 0.25) is 0 Å². The van der Waals surface area contributed by atoms with E-state index in [4.69, 9.17) is 9.15 Å². The van der Waals surface area contributed by atoms with Crippen LogP contribution in [0.4, 0.5) is 4.39 Å². The molecular formula is C20H20FN3O3. The number of hydrogen-bond donors (Lipinski definition) is 1. The Kier molecular flexibility index (Phi) is 6.36. The molecule has 6 nitrogen and oxygen atoms in total. The Morgan fingerprint density at radius 3 is 2.67 bits per heavy atom. The fourth-order valence-corrected chi connectivity index (χ4v) is 2.74. The largest absolute Gasteiger partial charge is 0.457 e. The lowest BCUT2D eigenvalue weighted by Gasteiger charge is -2.26. The summed E-state index contributed by atoms with van der Waals surface area (Å²) in [6.07, 6.45) is 1.40. The third-order valence-corrected chi connectivity index (χ3v) is 4.22. The Morgan fingerprint density at radius 2 is 1.96 bits per heavy atom. The molecule has 0 radical (unpaired) electrons. The first-order valence-corrected chi connectivity index (χ1v) is 8.71. The second-order valence-corrected chi connectivity index (χ2v) is 6.09. The number of carbonyl (C=O) groups excluding carboxylic acids is 1. The van der Waals surface area contributed by atoms with E-state index in [-0.39, 0.29) is 11.4 Å². The molecule has 0 aliphatic carbocycles. The molecule has 0 unspecified atom stereocenters. The van der Waals surface area contributed by atoms with Crippen molar-refractivity contribution in [3.05, 3.63) is 53.5 Å². The summed E-state index contributed by atoms with van der Waals surface area (Å²) in [6, 6.07) is 11.2. The van der Waals surface area contributed by atoms with Crippen LogP contribution < -0.4 is 5.32 Å². The fourth-order valence-electron chi connectivity index (χ4n) is 2.74. The van der Waals surface area contributed by atoms with E-state index >= 15 is 0 Å². The standard InChI is InChI=1S/C20H20FN3O3/c21-17-3-1-15(2-4-17)19-6-5-18(27-19)13-16(14-22)20(25)23-7-8-24-9-11-26-12-10-24/h1-6,13H,7-12H2,(H,23,25). The Morgan fingerprint density at radius 1 is 1.22 bits per heavy atom. The van der Waals surface area contributed by atoms with Gasteiger partial charge in [-0.25, -0.2) is 4.39 Å². The van der Waals surface area contributed by atoms with Crippen molar-refractivity contribution in [1.29, 1.82) is 5.26 Å². The van der Waals surface area contributed by atoms with Gasteiger partial charge in [-0.05, 0) is 36.4 Å². The molecule has 2 aromatic rings. The van der Waals surface area contributed by atoms with Crippen LogP contribution in [0, 0.1) is 17.1 Å². The van der Waals surface area contributed by atoms with Crippen LogP contribution in [-0.4, -0.2) is 50.2 Å². The second kappa shape index (κ2) is 9.12. The maximum atomic E-state index is 13.0. The number of halogens is 1. The van der Waals surface area contributed by atoms with Gasteiger partial charge in [0.1, 0.15) is 29.0 Å². The number of hydrogen-bond acceptors (Lipinski definition) is 5. The van der Waals surface area contributed by atoms with E-state index < -0.39 is 5.91 Å². The number of morpholine rings is 1. The number of nitrogens with zero attached hydrogens (tertiary/aromatic N) is 2. The van der Waals surface area contributed by atoms with E-state index in [9.17, 15) is 14.4 Å². The molecule has 2 heterocycles. The molecule has 1 fully saturated rings. The maximum absolute atomic E-state index is 13.0. The quantitative estimate of drug-likeness (QED) is 0.625. The zero-order valence-corrected chi connectivity index (χ0v) is 14.8. The summed E-state index contributed by atoms with van der Waals surface area (Å²) in [4.78, 5) is 14.4. The van der Waals surface area contributed by atoms with Gasteiger partial charge < -0.3 is 14.5 Å². The molecule has 3 rings (SSSR count). The van der Waals surface area contributed by atoms with Gasteiger partial charge >= 0.3 is 0 Å². The number of nitriles is 1. The average molecular weight is 369 g/mol. The molecule has 1 aliphatic heterocycles. The van der Waals surface area contributed by atoms with E-state index in [0.29, 0.717) is 43.4 Å². The average Bonchev–Trinajstić information content (AvgIpc) is 3.16. The van der Waals surface area contributed by atoms with Crippen LogP contribution >= 0.6 is 0 Å². The minimum absolute atomic E-state index is 0.0306. The third kappa shape index (κ3) is 5.26. The van der Waals surface area contributed by atoms with Crippen LogP contribution in [0.15, 0.2) is 46.4 Å². The van der Waals surface area contributed by atoms with Crippen LogP contribution in [0.5, 0.6) is 0 Å². The lowest BCUT2D eigenvalue weighted by Crippen LogP contribution is -2.41. The monoisotopic (exact) mass is 369 g/mol. The van der Waals surface area contributed by atoms with E-state index in [0.717, 1.165) is 13.1 Å². The van der Waals surface area contributed by atoms with Gasteiger partial charge in [-0.15, -0.1) is 0 Å². The van der Waals surface area contributed by atoms with Gasteiger partial charge in [-0.3, -0.25) is 9.69 Å². The molecule has 0 atom stereocenters. The summed E-state index contributed by atoms with van der Waals surface area (Å²) in [5, 5.41) is 12.0. The van der Waals surface area contributed by atoms with Gasteiger partial charge in [-0.2, -0.15) is 5.26 Å². The summed E-state index contributed by atoms with van der Waals surface area (Å²) < 4.78 is 23.9. The van der Waals surface area contributed by atoms with Crippen molar-refractivity contribution < 1.29 is 18.3 Å². The molecule has 140 valence electrons. The van der Waals surface area contributed by atoms with Crippen LogP contribution in [0.3, 0.4) is 0 Å². The minimum Gasteiger partial charge on any atom is -0.457 e. The molecule has 27 heavy (non-hydrogen) atoms. The first-order valence-electron chi connectivity index (χ1n) is 8.71. The van der Waals surface area contributed by atoms with Crippen molar-refractivity contribution in [1.82, 2.24) is 10.2 Å². The molecule has 1 aliphatic rings. The number of furan rings is 1. The van der Waals surface area contributed by atoms with Crippen molar-refractivity contribution in [3.8, 4) is 17.4 Å². The Bertz CT molecular complexity index is 846. The van der Waals surface area contributed by atoms with Crippen molar-refractivity contribution in [2.45, 2.75) is 0 Å². The molecule has 0 spiro atoms. The highest BCUT2D eigenvalue weighted by molar-refractivity contribution is 6.01. The molecule has 1 amide bonds. The van der Waals surface area contributed by atoms with Crippen molar-refractivity contribution in [2.75, 3.05) is 39.4 Å². The fraction of sp³-hybridized carbons (Fsp3) is 0.300. The summed E-state index contributed by atoms with van der Waals surface area (Å²) in [7, 11) is 0. The van der Waals surface area contributed by atoms with Gasteiger partial charge in [0.25, 0.3) is 5.91 Å². The number of ether oxygens (including phenoxy) is 1. The van der Waals surface area contributed by atoms with E-state index in [1.165, 1.54) is 18.2 Å². The number of rotatable bonds is 6. The smallest absolute Gasteiger partial charge is 0.262 e. The van der Waals surface area contributed by atoms with Crippen LogP contribution in [0.25, 0.3) is 17.4 Å². The van der Waals surface area contributed by atoms with Crippen LogP contribution in [-0.2, 0) is 9.53 Å². The van der Waals surface area contributed by atoms with Crippen molar-refractivity contribution >= 4 is 12.0 Å². The van der Waals surface area contributed by atoms with E-state index in [2.05, 4.69) is 10.2 Å².